The maximum Gasteiger partial charge on any atom is 0.361 e. The zero-order chi connectivity index (χ0) is 55.5. The van der Waals surface area contributed by atoms with Crippen molar-refractivity contribution in [3.05, 3.63) is 134 Å². The third kappa shape index (κ3) is 57.1. The van der Waals surface area contributed by atoms with Crippen molar-refractivity contribution >= 4 is 17.9 Å². The fraction of sp³-hybridized carbons (Fsp3) is 0.627. The van der Waals surface area contributed by atoms with Gasteiger partial charge in [-0.25, -0.2) is 4.79 Å². The SMILES string of the molecule is CC/C=C\C/C=C\C/C=C\C/C=C\C/C=C\C/C=C\C/C=C\C/C=C\C/C=C\C/C=C\CCCCC(=O)OC(COC(=O)CCCCCCCCC/C=C\CCCCCCCCC)COC(OCC[N+](C)(C)C)C(=O)O. The van der Waals surface area contributed by atoms with Gasteiger partial charge in [-0.15, -0.1) is 0 Å². The van der Waals surface area contributed by atoms with E-state index in [9.17, 15) is 19.5 Å². The molecule has 2 unspecified atom stereocenters. The van der Waals surface area contributed by atoms with Crippen molar-refractivity contribution < 1.29 is 42.9 Å². The summed E-state index contributed by atoms with van der Waals surface area (Å²) >= 11 is 0. The summed E-state index contributed by atoms with van der Waals surface area (Å²) in [6.45, 7) is 4.69. The molecule has 0 heterocycles. The van der Waals surface area contributed by atoms with E-state index >= 15 is 0 Å². The highest BCUT2D eigenvalue weighted by Gasteiger charge is 2.25. The van der Waals surface area contributed by atoms with Crippen LogP contribution in [0.3, 0.4) is 0 Å². The topological polar surface area (TPSA) is 108 Å². The zero-order valence-electron chi connectivity index (χ0n) is 48.9. The highest BCUT2D eigenvalue weighted by atomic mass is 16.7. The van der Waals surface area contributed by atoms with Crippen LogP contribution in [0.25, 0.3) is 0 Å². The number of hydrogen-bond donors (Lipinski definition) is 1. The van der Waals surface area contributed by atoms with E-state index in [0.717, 1.165) is 109 Å². The van der Waals surface area contributed by atoms with Crippen molar-refractivity contribution in [3.63, 3.8) is 0 Å². The van der Waals surface area contributed by atoms with Gasteiger partial charge in [0.1, 0.15) is 13.2 Å². The first-order valence-electron chi connectivity index (χ1n) is 29.8. The number of allylic oxidation sites excluding steroid dienone is 22. The van der Waals surface area contributed by atoms with Crippen molar-refractivity contribution in [2.45, 2.75) is 225 Å². The molecule has 9 heteroatoms. The number of rotatable bonds is 53. The summed E-state index contributed by atoms with van der Waals surface area (Å²) in [5.41, 5.74) is 0. The van der Waals surface area contributed by atoms with Gasteiger partial charge in [0.15, 0.2) is 6.10 Å². The standard InChI is InChI=1S/C67H109NO8/c1-6-8-10-12-14-16-18-20-22-24-26-27-28-29-30-31-32-33-34-35-36-37-38-39-40-42-44-46-48-50-52-54-56-58-65(70)76-63(62-75-67(66(71)72)73-60-59-68(3,4)5)61-74-64(69)57-55-53-51-49-47-45-43-41-25-23-21-19-17-15-13-11-9-7-2/h8,10,14,16,20,22-23,25-27,29-30,32-33,35-36,38-39,42,44,48,50,63,67H,6-7,9,11-13,15,17-19,21,24,28,31,34,37,40-41,43,45-47,49,51-62H2,1-5H3/p+1/b10-8-,16-14-,22-20-,25-23-,27-26-,30-29-,33-32-,36-35-,39-38-,44-42-,50-48-. The van der Waals surface area contributed by atoms with Crippen LogP contribution in [0.5, 0.6) is 0 Å². The number of carboxylic acid groups (broad SMARTS) is 1. The van der Waals surface area contributed by atoms with E-state index in [1.807, 2.05) is 21.1 Å². The number of carbonyl (C=O) groups is 3. The van der Waals surface area contributed by atoms with E-state index in [0.29, 0.717) is 17.4 Å². The summed E-state index contributed by atoms with van der Waals surface area (Å²) in [6, 6.07) is 0. The lowest BCUT2D eigenvalue weighted by Crippen LogP contribution is -2.40. The molecule has 0 spiro atoms. The molecule has 0 aromatic carbocycles. The smallest absolute Gasteiger partial charge is 0.361 e. The molecule has 0 aliphatic rings. The Bertz CT molecular complexity index is 1700. The summed E-state index contributed by atoms with van der Waals surface area (Å²) < 4.78 is 22.8. The molecule has 0 aromatic heterocycles. The lowest BCUT2D eigenvalue weighted by atomic mass is 10.1. The van der Waals surface area contributed by atoms with Gasteiger partial charge in [-0.1, -0.05) is 218 Å². The fourth-order valence-electron chi connectivity index (χ4n) is 7.56. The summed E-state index contributed by atoms with van der Waals surface area (Å²) in [5.74, 6) is -2.09. The molecule has 0 aliphatic heterocycles. The lowest BCUT2D eigenvalue weighted by molar-refractivity contribution is -0.870. The maximum absolute atomic E-state index is 12.9. The van der Waals surface area contributed by atoms with Gasteiger partial charge in [-0.3, -0.25) is 9.59 Å². The average molecular weight is 1060 g/mol. The second-order valence-corrected chi connectivity index (χ2v) is 20.6. The van der Waals surface area contributed by atoms with Crippen molar-refractivity contribution in [2.75, 3.05) is 47.5 Å². The second kappa shape index (κ2) is 56.6. The van der Waals surface area contributed by atoms with E-state index in [1.54, 1.807) is 0 Å². The Morgan fingerprint density at radius 3 is 1.16 bits per heavy atom. The largest absolute Gasteiger partial charge is 0.477 e. The number of quaternary nitrogens is 1. The van der Waals surface area contributed by atoms with E-state index < -0.39 is 24.3 Å². The van der Waals surface area contributed by atoms with E-state index in [4.69, 9.17) is 18.9 Å². The number of carboxylic acids is 1. The van der Waals surface area contributed by atoms with Gasteiger partial charge >= 0.3 is 17.9 Å². The fourth-order valence-corrected chi connectivity index (χ4v) is 7.56. The highest BCUT2D eigenvalue weighted by molar-refractivity contribution is 5.71. The van der Waals surface area contributed by atoms with Crippen molar-refractivity contribution in [2.24, 2.45) is 0 Å². The average Bonchev–Trinajstić information content (AvgIpc) is 3.39. The summed E-state index contributed by atoms with van der Waals surface area (Å²) in [4.78, 5) is 37.4. The quantitative estimate of drug-likeness (QED) is 0.0211. The van der Waals surface area contributed by atoms with Gasteiger partial charge in [0.25, 0.3) is 6.29 Å². The van der Waals surface area contributed by atoms with Crippen LogP contribution >= 0.6 is 0 Å². The Labute approximate surface area is 465 Å². The molecule has 0 aromatic rings. The summed E-state index contributed by atoms with van der Waals surface area (Å²) in [5, 5.41) is 9.70. The van der Waals surface area contributed by atoms with Gasteiger partial charge in [0, 0.05) is 12.8 Å². The Morgan fingerprint density at radius 2 is 0.750 bits per heavy atom. The number of hydrogen-bond acceptors (Lipinski definition) is 7. The zero-order valence-corrected chi connectivity index (χ0v) is 48.9. The molecule has 2 atom stereocenters. The Kier molecular flexibility index (Phi) is 53.2. The molecule has 0 fully saturated rings. The third-order valence-electron chi connectivity index (χ3n) is 12.1. The minimum Gasteiger partial charge on any atom is -0.477 e. The van der Waals surface area contributed by atoms with E-state index in [-0.39, 0.29) is 38.6 Å². The molecule has 9 nitrogen and oxygen atoms in total. The number of likely N-dealkylation sites (N-methyl/N-ethyl adjacent to an activating group) is 1. The molecule has 0 saturated carbocycles. The Hall–Kier alpha value is -4.57. The molecule has 430 valence electrons. The first kappa shape index (κ1) is 71.4. The normalized spacial score (nSPS) is 13.8. The molecule has 0 aliphatic carbocycles. The summed E-state index contributed by atoms with van der Waals surface area (Å²) in [6.07, 6.45) is 78.2. The molecule has 0 saturated heterocycles. The molecule has 0 radical (unpaired) electrons. The highest BCUT2D eigenvalue weighted by Crippen LogP contribution is 2.14. The van der Waals surface area contributed by atoms with Gasteiger partial charge in [0.2, 0.25) is 0 Å². The molecule has 76 heavy (non-hydrogen) atoms. The van der Waals surface area contributed by atoms with Crippen molar-refractivity contribution in [3.8, 4) is 0 Å². The number of ether oxygens (including phenoxy) is 4. The van der Waals surface area contributed by atoms with Crippen molar-refractivity contribution in [1.29, 1.82) is 0 Å². The Balaban J connectivity index is 4.37. The summed E-state index contributed by atoms with van der Waals surface area (Å²) in [7, 11) is 5.94. The molecule has 1 N–H and O–H groups in total. The maximum atomic E-state index is 12.9. The molecule has 0 bridgehead atoms. The van der Waals surface area contributed by atoms with Gasteiger partial charge in [-0.2, -0.15) is 0 Å². The van der Waals surface area contributed by atoms with Crippen LogP contribution in [0.4, 0.5) is 0 Å². The predicted octanol–water partition coefficient (Wildman–Crippen LogP) is 17.8. The van der Waals surface area contributed by atoms with Crippen LogP contribution in [-0.4, -0.2) is 87.4 Å². The molecule has 0 amide bonds. The van der Waals surface area contributed by atoms with E-state index in [1.165, 1.54) is 70.6 Å². The van der Waals surface area contributed by atoms with Gasteiger partial charge in [0.05, 0.1) is 34.4 Å². The molecule has 0 rings (SSSR count). The minimum absolute atomic E-state index is 0.171. The van der Waals surface area contributed by atoms with Crippen LogP contribution < -0.4 is 0 Å². The number of carbonyl (C=O) groups excluding carboxylic acids is 2. The van der Waals surface area contributed by atoms with Crippen LogP contribution in [0.15, 0.2) is 134 Å². The second-order valence-electron chi connectivity index (χ2n) is 20.6. The predicted molar refractivity (Wildman–Crippen MR) is 322 cm³/mol. The first-order chi connectivity index (χ1) is 37.1. The number of aliphatic carboxylic acids is 1. The van der Waals surface area contributed by atoms with Crippen molar-refractivity contribution in [1.82, 2.24) is 0 Å². The number of unbranched alkanes of at least 4 members (excludes halogenated alkanes) is 16. The third-order valence-corrected chi connectivity index (χ3v) is 12.1. The van der Waals surface area contributed by atoms with Gasteiger partial charge in [-0.05, 0) is 116 Å². The van der Waals surface area contributed by atoms with Gasteiger partial charge < -0.3 is 28.5 Å². The van der Waals surface area contributed by atoms with Crippen LogP contribution in [-0.2, 0) is 33.3 Å². The minimum atomic E-state index is -1.53. The molecular weight excluding hydrogens is 947 g/mol. The van der Waals surface area contributed by atoms with Crippen LogP contribution in [0.1, 0.15) is 213 Å². The number of esters is 2. The number of nitrogens with zero attached hydrogens (tertiary/aromatic N) is 1. The van der Waals surface area contributed by atoms with Crippen LogP contribution in [0.2, 0.25) is 0 Å². The molecular formula is C67H110NO8+. The van der Waals surface area contributed by atoms with E-state index in [2.05, 4.69) is 148 Å². The Morgan fingerprint density at radius 1 is 0.408 bits per heavy atom. The monoisotopic (exact) mass is 1060 g/mol. The first-order valence-corrected chi connectivity index (χ1v) is 29.8. The van der Waals surface area contributed by atoms with Crippen LogP contribution in [0, 0.1) is 0 Å². The lowest BCUT2D eigenvalue weighted by Gasteiger charge is -2.25.